The van der Waals surface area contributed by atoms with E-state index in [0.29, 0.717) is 6.54 Å². The van der Waals surface area contributed by atoms with Crippen molar-refractivity contribution >= 4 is 0 Å². The molecule has 0 saturated carbocycles. The van der Waals surface area contributed by atoms with Crippen molar-refractivity contribution in [2.75, 3.05) is 7.11 Å². The van der Waals surface area contributed by atoms with Gasteiger partial charge in [0.1, 0.15) is 5.75 Å². The molecule has 1 aromatic rings. The molecule has 14 heavy (non-hydrogen) atoms. The SMILES string of the molecule is CC.CC.COc1cccc(CN)c1. The highest BCUT2D eigenvalue weighted by Crippen LogP contribution is 2.11. The number of nitrogens with two attached hydrogens (primary N) is 1. The monoisotopic (exact) mass is 197 g/mol. The summed E-state index contributed by atoms with van der Waals surface area (Å²) in [6, 6.07) is 7.74. The Morgan fingerprint density at radius 3 is 2.14 bits per heavy atom. The Balaban J connectivity index is 0. The van der Waals surface area contributed by atoms with Crippen LogP contribution in [0.1, 0.15) is 33.3 Å². The minimum atomic E-state index is 0.567. The Kier molecular flexibility index (Phi) is 13.2. The van der Waals surface area contributed by atoms with Gasteiger partial charge < -0.3 is 10.5 Å². The maximum atomic E-state index is 5.42. The fourth-order valence-corrected chi connectivity index (χ4v) is 0.799. The molecule has 0 unspecified atom stereocenters. The van der Waals surface area contributed by atoms with Gasteiger partial charge in [0.15, 0.2) is 0 Å². The first-order valence-electron chi connectivity index (χ1n) is 5.20. The van der Waals surface area contributed by atoms with E-state index in [1.807, 2.05) is 52.0 Å². The molecule has 0 aliphatic rings. The zero-order chi connectivity index (χ0) is 11.4. The van der Waals surface area contributed by atoms with Gasteiger partial charge in [-0.05, 0) is 17.7 Å². The highest BCUT2D eigenvalue weighted by molar-refractivity contribution is 5.27. The fraction of sp³-hybridized carbons (Fsp3) is 0.500. The molecule has 0 radical (unpaired) electrons. The summed E-state index contributed by atoms with van der Waals surface area (Å²) in [4.78, 5) is 0. The number of rotatable bonds is 2. The quantitative estimate of drug-likeness (QED) is 0.790. The zero-order valence-electron chi connectivity index (χ0n) is 10.0. The normalized spacial score (nSPS) is 7.57. The molecular weight excluding hydrogens is 174 g/mol. The van der Waals surface area contributed by atoms with Crippen LogP contribution in [0.4, 0.5) is 0 Å². The molecule has 2 N–H and O–H groups in total. The van der Waals surface area contributed by atoms with Gasteiger partial charge in [-0.15, -0.1) is 0 Å². The van der Waals surface area contributed by atoms with Crippen LogP contribution in [-0.2, 0) is 6.54 Å². The highest BCUT2D eigenvalue weighted by Gasteiger charge is 1.90. The van der Waals surface area contributed by atoms with Gasteiger partial charge in [0, 0.05) is 6.54 Å². The van der Waals surface area contributed by atoms with Crippen molar-refractivity contribution in [2.24, 2.45) is 5.73 Å². The second-order valence-electron chi connectivity index (χ2n) is 2.06. The number of benzene rings is 1. The molecule has 0 saturated heterocycles. The molecule has 0 heterocycles. The molecule has 0 spiro atoms. The predicted octanol–water partition coefficient (Wildman–Crippen LogP) is 3.21. The summed E-state index contributed by atoms with van der Waals surface area (Å²) < 4.78 is 5.00. The van der Waals surface area contributed by atoms with Crippen molar-refractivity contribution in [1.29, 1.82) is 0 Å². The molecule has 82 valence electrons. The highest BCUT2D eigenvalue weighted by atomic mass is 16.5. The topological polar surface area (TPSA) is 35.2 Å². The molecule has 0 aliphatic carbocycles. The average molecular weight is 197 g/mol. The van der Waals surface area contributed by atoms with Gasteiger partial charge >= 0.3 is 0 Å². The Hall–Kier alpha value is -1.02. The molecule has 0 aromatic heterocycles. The standard InChI is InChI=1S/C8H11NO.2C2H6/c1-10-8-4-2-3-7(5-8)6-9;2*1-2/h2-5H,6,9H2,1H3;2*1-2H3. The third kappa shape index (κ3) is 6.49. The fourth-order valence-electron chi connectivity index (χ4n) is 0.799. The lowest BCUT2D eigenvalue weighted by atomic mass is 10.2. The molecule has 2 nitrogen and oxygen atoms in total. The van der Waals surface area contributed by atoms with Crippen molar-refractivity contribution in [3.05, 3.63) is 29.8 Å². The Morgan fingerprint density at radius 2 is 1.71 bits per heavy atom. The first kappa shape index (κ1) is 15.5. The molecule has 0 aliphatic heterocycles. The molecule has 2 heteroatoms. The first-order valence-corrected chi connectivity index (χ1v) is 5.20. The van der Waals surface area contributed by atoms with Gasteiger partial charge in [0.05, 0.1) is 7.11 Å². The summed E-state index contributed by atoms with van der Waals surface area (Å²) in [5, 5.41) is 0. The summed E-state index contributed by atoms with van der Waals surface area (Å²) in [6.45, 7) is 8.57. The Bertz CT molecular complexity index is 192. The van der Waals surface area contributed by atoms with Crippen LogP contribution in [0.2, 0.25) is 0 Å². The lowest BCUT2D eigenvalue weighted by molar-refractivity contribution is 0.414. The minimum Gasteiger partial charge on any atom is -0.497 e. The van der Waals surface area contributed by atoms with Crippen LogP contribution < -0.4 is 10.5 Å². The van der Waals surface area contributed by atoms with Crippen LogP contribution in [0.15, 0.2) is 24.3 Å². The molecule has 0 amide bonds. The number of hydrogen-bond donors (Lipinski definition) is 1. The van der Waals surface area contributed by atoms with E-state index in [1.165, 1.54) is 0 Å². The van der Waals surface area contributed by atoms with E-state index in [2.05, 4.69) is 0 Å². The Labute approximate surface area is 88.1 Å². The number of methoxy groups -OCH3 is 1. The number of ether oxygens (including phenoxy) is 1. The van der Waals surface area contributed by atoms with Crippen LogP contribution in [0.3, 0.4) is 0 Å². The van der Waals surface area contributed by atoms with Gasteiger partial charge in [-0.2, -0.15) is 0 Å². The third-order valence-electron chi connectivity index (χ3n) is 1.37. The van der Waals surface area contributed by atoms with E-state index in [-0.39, 0.29) is 0 Å². The van der Waals surface area contributed by atoms with Gasteiger partial charge in [0.25, 0.3) is 0 Å². The van der Waals surface area contributed by atoms with Crippen LogP contribution >= 0.6 is 0 Å². The minimum absolute atomic E-state index is 0.567. The molecule has 0 atom stereocenters. The molecular formula is C12H23NO. The van der Waals surface area contributed by atoms with Crippen molar-refractivity contribution in [3.8, 4) is 5.75 Å². The van der Waals surface area contributed by atoms with Crippen LogP contribution in [0.25, 0.3) is 0 Å². The summed E-state index contributed by atoms with van der Waals surface area (Å²) in [7, 11) is 1.65. The predicted molar refractivity (Wildman–Crippen MR) is 63.6 cm³/mol. The van der Waals surface area contributed by atoms with Crippen molar-refractivity contribution < 1.29 is 4.74 Å². The van der Waals surface area contributed by atoms with Crippen LogP contribution in [0.5, 0.6) is 5.75 Å². The van der Waals surface area contributed by atoms with Crippen molar-refractivity contribution in [3.63, 3.8) is 0 Å². The van der Waals surface area contributed by atoms with Crippen LogP contribution in [-0.4, -0.2) is 7.11 Å². The van der Waals surface area contributed by atoms with E-state index < -0.39 is 0 Å². The average Bonchev–Trinajstić information content (AvgIpc) is 2.34. The van der Waals surface area contributed by atoms with E-state index in [1.54, 1.807) is 7.11 Å². The molecule has 0 bridgehead atoms. The van der Waals surface area contributed by atoms with Crippen molar-refractivity contribution in [2.45, 2.75) is 34.2 Å². The van der Waals surface area contributed by atoms with Crippen molar-refractivity contribution in [1.82, 2.24) is 0 Å². The second kappa shape index (κ2) is 12.0. The first-order chi connectivity index (χ1) is 6.86. The zero-order valence-corrected chi connectivity index (χ0v) is 10.0. The molecule has 1 rings (SSSR count). The summed E-state index contributed by atoms with van der Waals surface area (Å²) in [5.41, 5.74) is 6.51. The lowest BCUT2D eigenvalue weighted by Gasteiger charge is -2.00. The molecule has 1 aromatic carbocycles. The maximum absolute atomic E-state index is 5.42. The van der Waals surface area contributed by atoms with Gasteiger partial charge in [0.2, 0.25) is 0 Å². The summed E-state index contributed by atoms with van der Waals surface area (Å²) in [5.74, 6) is 0.864. The Morgan fingerprint density at radius 1 is 1.14 bits per heavy atom. The van der Waals surface area contributed by atoms with E-state index in [4.69, 9.17) is 10.5 Å². The van der Waals surface area contributed by atoms with E-state index >= 15 is 0 Å². The van der Waals surface area contributed by atoms with Crippen LogP contribution in [0, 0.1) is 0 Å². The number of hydrogen-bond acceptors (Lipinski definition) is 2. The summed E-state index contributed by atoms with van der Waals surface area (Å²) >= 11 is 0. The largest absolute Gasteiger partial charge is 0.497 e. The third-order valence-corrected chi connectivity index (χ3v) is 1.37. The van der Waals surface area contributed by atoms with E-state index in [0.717, 1.165) is 11.3 Å². The van der Waals surface area contributed by atoms with Gasteiger partial charge in [-0.1, -0.05) is 39.8 Å². The second-order valence-corrected chi connectivity index (χ2v) is 2.06. The maximum Gasteiger partial charge on any atom is 0.119 e. The van der Waals surface area contributed by atoms with E-state index in [9.17, 15) is 0 Å². The smallest absolute Gasteiger partial charge is 0.119 e. The summed E-state index contributed by atoms with van der Waals surface area (Å²) in [6.07, 6.45) is 0. The molecule has 0 fully saturated rings. The lowest BCUT2D eigenvalue weighted by Crippen LogP contribution is -1.95. The van der Waals surface area contributed by atoms with Gasteiger partial charge in [-0.3, -0.25) is 0 Å². The van der Waals surface area contributed by atoms with Gasteiger partial charge in [-0.25, -0.2) is 0 Å².